The maximum Gasteiger partial charge on any atom is 0.238 e. The number of carbonyl (C=O) groups excluding carboxylic acids is 1. The van der Waals surface area contributed by atoms with Gasteiger partial charge in [-0.1, -0.05) is 22.0 Å². The monoisotopic (exact) mass is 263 g/mol. The van der Waals surface area contributed by atoms with Crippen LogP contribution < -0.4 is 5.32 Å². The summed E-state index contributed by atoms with van der Waals surface area (Å²) >= 11 is 2.99. The molecule has 2 nitrogen and oxygen atoms in total. The molecule has 14 heavy (non-hydrogen) atoms. The average Bonchev–Trinajstić information content (AvgIpc) is 2.11. The number of halogens is 3. The Bertz CT molecular complexity index is 334. The Kier molecular flexibility index (Phi) is 3.57. The summed E-state index contributed by atoms with van der Waals surface area (Å²) in [5, 5.41) is 2.14. The molecule has 5 heteroatoms. The quantitative estimate of drug-likeness (QED) is 0.817. The second kappa shape index (κ2) is 4.50. The van der Waals surface area contributed by atoms with Crippen LogP contribution in [0.3, 0.4) is 0 Å². The van der Waals surface area contributed by atoms with Crippen molar-refractivity contribution in [2.45, 2.75) is 11.8 Å². The van der Waals surface area contributed by atoms with Crippen LogP contribution in [0.25, 0.3) is 0 Å². The smallest absolute Gasteiger partial charge is 0.238 e. The van der Waals surface area contributed by atoms with Gasteiger partial charge < -0.3 is 5.32 Å². The van der Waals surface area contributed by atoms with E-state index in [1.54, 1.807) is 6.92 Å². The zero-order valence-corrected chi connectivity index (χ0v) is 8.94. The van der Waals surface area contributed by atoms with Crippen LogP contribution >= 0.6 is 15.9 Å². The van der Waals surface area contributed by atoms with Crippen molar-refractivity contribution in [3.8, 4) is 0 Å². The third-order valence-corrected chi connectivity index (χ3v) is 1.99. The number of anilines is 1. The standard InChI is InChI=1S/C9H8BrF2NO/c1-5(10)9(14)13-8-6(11)3-2-4-7(8)12/h2-5H,1H3,(H,13,14). The van der Waals surface area contributed by atoms with Gasteiger partial charge in [0, 0.05) is 0 Å². The molecule has 76 valence electrons. The highest BCUT2D eigenvalue weighted by Gasteiger charge is 2.14. The van der Waals surface area contributed by atoms with Crippen molar-refractivity contribution < 1.29 is 13.6 Å². The lowest BCUT2D eigenvalue weighted by atomic mass is 10.3. The van der Waals surface area contributed by atoms with E-state index in [1.165, 1.54) is 6.07 Å². The highest BCUT2D eigenvalue weighted by atomic mass is 79.9. The van der Waals surface area contributed by atoms with Crippen LogP contribution in [0.1, 0.15) is 6.92 Å². The van der Waals surface area contributed by atoms with Crippen LogP contribution in [0, 0.1) is 11.6 Å². The zero-order chi connectivity index (χ0) is 10.7. The van der Waals surface area contributed by atoms with E-state index in [0.717, 1.165) is 12.1 Å². The minimum absolute atomic E-state index is 0.413. The molecule has 0 aliphatic carbocycles. The number of para-hydroxylation sites is 1. The summed E-state index contributed by atoms with van der Waals surface area (Å²) < 4.78 is 26.0. The van der Waals surface area contributed by atoms with Gasteiger partial charge in [0.15, 0.2) is 0 Å². The predicted octanol–water partition coefficient (Wildman–Crippen LogP) is 2.69. The Morgan fingerprint density at radius 3 is 2.36 bits per heavy atom. The molecule has 0 spiro atoms. The van der Waals surface area contributed by atoms with Crippen molar-refractivity contribution in [1.29, 1.82) is 0 Å². The third-order valence-electron chi connectivity index (χ3n) is 1.57. The topological polar surface area (TPSA) is 29.1 Å². The van der Waals surface area contributed by atoms with E-state index in [1.807, 2.05) is 0 Å². The Labute approximate surface area is 88.4 Å². The average molecular weight is 264 g/mol. The highest BCUT2D eigenvalue weighted by Crippen LogP contribution is 2.18. The van der Waals surface area contributed by atoms with Gasteiger partial charge >= 0.3 is 0 Å². The van der Waals surface area contributed by atoms with Gasteiger partial charge in [-0.2, -0.15) is 0 Å². The molecule has 0 saturated carbocycles. The summed E-state index contributed by atoms with van der Waals surface area (Å²) in [6.45, 7) is 1.56. The lowest BCUT2D eigenvalue weighted by Gasteiger charge is -2.08. The molecule has 1 atom stereocenters. The van der Waals surface area contributed by atoms with Crippen molar-refractivity contribution >= 4 is 27.5 Å². The Morgan fingerprint density at radius 1 is 1.43 bits per heavy atom. The fraction of sp³-hybridized carbons (Fsp3) is 0.222. The summed E-state index contributed by atoms with van der Waals surface area (Å²) in [6, 6.07) is 3.40. The molecule has 1 aromatic carbocycles. The third kappa shape index (κ3) is 2.51. The maximum atomic E-state index is 13.0. The molecule has 1 aromatic rings. The number of alkyl halides is 1. The van der Waals surface area contributed by atoms with Gasteiger partial charge in [-0.15, -0.1) is 0 Å². The van der Waals surface area contributed by atoms with Gasteiger partial charge in [0.05, 0.1) is 4.83 Å². The summed E-state index contributed by atoms with van der Waals surface area (Å²) in [5.74, 6) is -2.06. The molecule has 1 amide bonds. The maximum absolute atomic E-state index is 13.0. The number of hydrogen-bond acceptors (Lipinski definition) is 1. The minimum atomic E-state index is -0.786. The van der Waals surface area contributed by atoms with Crippen LogP contribution in [-0.4, -0.2) is 10.7 Å². The van der Waals surface area contributed by atoms with Crippen molar-refractivity contribution in [2.75, 3.05) is 5.32 Å². The normalized spacial score (nSPS) is 12.3. The van der Waals surface area contributed by atoms with Gasteiger partial charge in [0.25, 0.3) is 0 Å². The summed E-state index contributed by atoms with van der Waals surface area (Å²) in [6.07, 6.45) is 0. The zero-order valence-electron chi connectivity index (χ0n) is 7.35. The highest BCUT2D eigenvalue weighted by molar-refractivity contribution is 9.10. The van der Waals surface area contributed by atoms with Crippen LogP contribution in [0.4, 0.5) is 14.5 Å². The van der Waals surface area contributed by atoms with Crippen LogP contribution in [-0.2, 0) is 4.79 Å². The van der Waals surface area contributed by atoms with E-state index in [2.05, 4.69) is 21.2 Å². The molecule has 0 bridgehead atoms. The predicted molar refractivity (Wildman–Crippen MR) is 53.4 cm³/mol. The largest absolute Gasteiger partial charge is 0.320 e. The second-order valence-electron chi connectivity index (χ2n) is 2.70. The van der Waals surface area contributed by atoms with Crippen molar-refractivity contribution in [3.63, 3.8) is 0 Å². The van der Waals surface area contributed by atoms with Gasteiger partial charge in [-0.05, 0) is 19.1 Å². The number of carbonyl (C=O) groups is 1. The SMILES string of the molecule is CC(Br)C(=O)Nc1c(F)cccc1F. The Morgan fingerprint density at radius 2 is 1.93 bits per heavy atom. The molecule has 0 fully saturated rings. The molecule has 0 heterocycles. The lowest BCUT2D eigenvalue weighted by molar-refractivity contribution is -0.115. The molecule has 0 aliphatic heterocycles. The summed E-state index contributed by atoms with van der Waals surface area (Å²) in [5.41, 5.74) is -0.413. The van der Waals surface area contributed by atoms with Crippen molar-refractivity contribution in [3.05, 3.63) is 29.8 Å². The molecule has 0 radical (unpaired) electrons. The van der Waals surface area contributed by atoms with Crippen molar-refractivity contribution in [2.24, 2.45) is 0 Å². The van der Waals surface area contributed by atoms with Gasteiger partial charge in [-0.25, -0.2) is 8.78 Å². The van der Waals surface area contributed by atoms with E-state index < -0.39 is 28.1 Å². The molecule has 1 N–H and O–H groups in total. The lowest BCUT2D eigenvalue weighted by Crippen LogP contribution is -2.21. The van der Waals surface area contributed by atoms with Gasteiger partial charge in [-0.3, -0.25) is 4.79 Å². The first-order chi connectivity index (χ1) is 6.52. The fourth-order valence-corrected chi connectivity index (χ4v) is 0.954. The first kappa shape index (κ1) is 11.1. The van der Waals surface area contributed by atoms with E-state index in [-0.39, 0.29) is 0 Å². The Hall–Kier alpha value is -0.970. The first-order valence-corrected chi connectivity index (χ1v) is 4.83. The summed E-state index contributed by atoms with van der Waals surface area (Å²) in [4.78, 5) is 10.6. The first-order valence-electron chi connectivity index (χ1n) is 3.91. The number of hydrogen-bond donors (Lipinski definition) is 1. The molecule has 0 aliphatic rings. The van der Waals surface area contributed by atoms with Gasteiger partial charge in [0.2, 0.25) is 5.91 Å². The van der Waals surface area contributed by atoms with E-state index in [9.17, 15) is 13.6 Å². The van der Waals surface area contributed by atoms with E-state index in [4.69, 9.17) is 0 Å². The second-order valence-corrected chi connectivity index (χ2v) is 4.08. The van der Waals surface area contributed by atoms with Crippen LogP contribution in [0.5, 0.6) is 0 Å². The minimum Gasteiger partial charge on any atom is -0.320 e. The van der Waals surface area contributed by atoms with Crippen LogP contribution in [0.15, 0.2) is 18.2 Å². The molecular weight excluding hydrogens is 256 g/mol. The molecule has 1 unspecified atom stereocenters. The molecule has 0 aromatic heterocycles. The number of amides is 1. The molecular formula is C9H8BrF2NO. The van der Waals surface area contributed by atoms with E-state index in [0.29, 0.717) is 0 Å². The van der Waals surface area contributed by atoms with E-state index >= 15 is 0 Å². The summed E-state index contributed by atoms with van der Waals surface area (Å²) in [7, 11) is 0. The Balaban J connectivity index is 2.91. The fourth-order valence-electron chi connectivity index (χ4n) is 0.840. The number of nitrogens with one attached hydrogen (secondary N) is 1. The molecule has 0 saturated heterocycles. The van der Waals surface area contributed by atoms with Gasteiger partial charge in [0.1, 0.15) is 17.3 Å². The van der Waals surface area contributed by atoms with Crippen LogP contribution in [0.2, 0.25) is 0 Å². The number of rotatable bonds is 2. The molecule has 1 rings (SSSR count). The van der Waals surface area contributed by atoms with Crippen molar-refractivity contribution in [1.82, 2.24) is 0 Å². The number of benzene rings is 1.